The minimum Gasteiger partial charge on any atom is -0.497 e. The zero-order chi connectivity index (χ0) is 16.7. The average molecular weight is 334 g/mol. The highest BCUT2D eigenvalue weighted by atomic mass is 32.1. The van der Waals surface area contributed by atoms with Crippen molar-refractivity contribution in [3.63, 3.8) is 0 Å². The molecule has 1 aromatic heterocycles. The molecule has 0 aliphatic heterocycles. The maximum absolute atomic E-state index is 5.33. The van der Waals surface area contributed by atoms with E-state index in [-0.39, 0.29) is 0 Å². The van der Waals surface area contributed by atoms with Crippen LogP contribution in [0.15, 0.2) is 30.5 Å². The summed E-state index contributed by atoms with van der Waals surface area (Å²) >= 11 is 5.31. The van der Waals surface area contributed by atoms with Crippen molar-refractivity contribution >= 4 is 23.0 Å². The van der Waals surface area contributed by atoms with Crippen LogP contribution in [0.2, 0.25) is 0 Å². The molecule has 0 aliphatic rings. The van der Waals surface area contributed by atoms with E-state index in [9.17, 15) is 0 Å². The third-order valence-corrected chi connectivity index (χ3v) is 3.53. The van der Waals surface area contributed by atoms with Gasteiger partial charge in [-0.2, -0.15) is 5.10 Å². The maximum atomic E-state index is 5.33. The second-order valence-electron chi connectivity index (χ2n) is 5.02. The Kier molecular flexibility index (Phi) is 6.22. The monoisotopic (exact) mass is 334 g/mol. The molecule has 7 heteroatoms. The number of rotatable bonds is 7. The van der Waals surface area contributed by atoms with E-state index in [1.54, 1.807) is 14.2 Å². The van der Waals surface area contributed by atoms with Crippen molar-refractivity contribution in [2.75, 3.05) is 26.1 Å². The molecule has 0 amide bonds. The number of benzene rings is 1. The maximum Gasteiger partial charge on any atom is 0.170 e. The van der Waals surface area contributed by atoms with Crippen molar-refractivity contribution in [1.82, 2.24) is 15.1 Å². The van der Waals surface area contributed by atoms with Gasteiger partial charge in [0.05, 0.1) is 25.6 Å². The van der Waals surface area contributed by atoms with Crippen LogP contribution >= 0.6 is 12.2 Å². The van der Waals surface area contributed by atoms with Crippen molar-refractivity contribution < 1.29 is 9.47 Å². The normalized spacial score (nSPS) is 10.2. The number of ether oxygens (including phenoxy) is 2. The third-order valence-electron chi connectivity index (χ3n) is 3.28. The van der Waals surface area contributed by atoms with Gasteiger partial charge in [-0.15, -0.1) is 0 Å². The van der Waals surface area contributed by atoms with Crippen LogP contribution in [0.3, 0.4) is 0 Å². The number of anilines is 1. The highest BCUT2D eigenvalue weighted by molar-refractivity contribution is 7.80. The van der Waals surface area contributed by atoms with Gasteiger partial charge in [0.1, 0.15) is 11.5 Å². The smallest absolute Gasteiger partial charge is 0.170 e. The van der Waals surface area contributed by atoms with E-state index in [2.05, 4.69) is 15.7 Å². The van der Waals surface area contributed by atoms with E-state index in [4.69, 9.17) is 21.7 Å². The van der Waals surface area contributed by atoms with Crippen molar-refractivity contribution in [3.05, 3.63) is 36.2 Å². The summed E-state index contributed by atoms with van der Waals surface area (Å²) in [6.07, 6.45) is 2.91. The molecule has 0 fully saturated rings. The number of methoxy groups -OCH3 is 2. The number of thiocarbonyl (C=S) groups is 1. The molecule has 0 aliphatic carbocycles. The average Bonchev–Trinajstić information content (AvgIpc) is 2.97. The SMILES string of the molecule is COc1ccc(NC(=S)NCCCn2ccc(C)n2)c(OC)c1. The summed E-state index contributed by atoms with van der Waals surface area (Å²) in [6, 6.07) is 7.53. The predicted molar refractivity (Wildman–Crippen MR) is 95.4 cm³/mol. The van der Waals surface area contributed by atoms with E-state index in [1.165, 1.54) is 0 Å². The Labute approximate surface area is 141 Å². The molecule has 0 radical (unpaired) electrons. The molecule has 0 unspecified atom stereocenters. The zero-order valence-electron chi connectivity index (χ0n) is 13.6. The fourth-order valence-corrected chi connectivity index (χ4v) is 2.31. The van der Waals surface area contributed by atoms with Gasteiger partial charge in [0.2, 0.25) is 0 Å². The van der Waals surface area contributed by atoms with Gasteiger partial charge in [0.15, 0.2) is 5.11 Å². The van der Waals surface area contributed by atoms with Crippen LogP contribution in [0.25, 0.3) is 0 Å². The Morgan fingerprint density at radius 1 is 1.26 bits per heavy atom. The first-order chi connectivity index (χ1) is 11.1. The van der Waals surface area contributed by atoms with Crippen LogP contribution in [0.1, 0.15) is 12.1 Å². The van der Waals surface area contributed by atoms with Gasteiger partial charge in [0, 0.05) is 25.4 Å². The lowest BCUT2D eigenvalue weighted by Gasteiger charge is -2.14. The molecule has 1 heterocycles. The van der Waals surface area contributed by atoms with Gasteiger partial charge in [-0.25, -0.2) is 0 Å². The van der Waals surface area contributed by atoms with Crippen molar-refractivity contribution in [2.24, 2.45) is 0 Å². The lowest BCUT2D eigenvalue weighted by molar-refractivity contribution is 0.395. The Morgan fingerprint density at radius 2 is 2.09 bits per heavy atom. The zero-order valence-corrected chi connectivity index (χ0v) is 14.4. The number of nitrogens with zero attached hydrogens (tertiary/aromatic N) is 2. The van der Waals surface area contributed by atoms with Crippen molar-refractivity contribution in [2.45, 2.75) is 19.9 Å². The van der Waals surface area contributed by atoms with Gasteiger partial charge < -0.3 is 20.1 Å². The second kappa shape index (κ2) is 8.38. The molecule has 0 spiro atoms. The molecule has 23 heavy (non-hydrogen) atoms. The first kappa shape index (κ1) is 17.1. The largest absolute Gasteiger partial charge is 0.497 e. The number of hydrogen-bond acceptors (Lipinski definition) is 4. The summed E-state index contributed by atoms with van der Waals surface area (Å²) in [4.78, 5) is 0. The number of nitrogens with one attached hydrogen (secondary N) is 2. The molecule has 2 N–H and O–H groups in total. The summed E-state index contributed by atoms with van der Waals surface area (Å²) in [5.41, 5.74) is 1.83. The molecule has 124 valence electrons. The minimum atomic E-state index is 0.560. The number of aromatic nitrogens is 2. The summed E-state index contributed by atoms with van der Waals surface area (Å²) in [7, 11) is 3.23. The highest BCUT2D eigenvalue weighted by Crippen LogP contribution is 2.28. The summed E-state index contributed by atoms with van der Waals surface area (Å²) in [5, 5.41) is 11.2. The van der Waals surface area contributed by atoms with Crippen molar-refractivity contribution in [3.8, 4) is 11.5 Å². The summed E-state index contributed by atoms with van der Waals surface area (Å²) in [5.74, 6) is 1.42. The van der Waals surface area contributed by atoms with Crippen LogP contribution < -0.4 is 20.1 Å². The molecule has 0 bridgehead atoms. The first-order valence-corrected chi connectivity index (χ1v) is 7.80. The Bertz CT molecular complexity index is 657. The summed E-state index contributed by atoms with van der Waals surface area (Å²) < 4.78 is 12.4. The van der Waals surface area contributed by atoms with Crippen LogP contribution in [-0.4, -0.2) is 35.7 Å². The fourth-order valence-electron chi connectivity index (χ4n) is 2.10. The lowest BCUT2D eigenvalue weighted by Crippen LogP contribution is -2.30. The van der Waals surface area contributed by atoms with E-state index in [0.717, 1.165) is 36.6 Å². The van der Waals surface area contributed by atoms with Gasteiger partial charge in [0.25, 0.3) is 0 Å². The van der Waals surface area contributed by atoms with Gasteiger partial charge in [-0.3, -0.25) is 4.68 Å². The third kappa shape index (κ3) is 5.14. The number of aryl methyl sites for hydroxylation is 2. The van der Waals surface area contributed by atoms with E-state index < -0.39 is 0 Å². The summed E-state index contributed by atoms with van der Waals surface area (Å²) in [6.45, 7) is 3.61. The van der Waals surface area contributed by atoms with Crippen molar-refractivity contribution in [1.29, 1.82) is 0 Å². The molecular weight excluding hydrogens is 312 g/mol. The standard InChI is InChI=1S/C16H22N4O2S/c1-12-7-10-20(19-12)9-4-8-17-16(23)18-14-6-5-13(21-2)11-15(14)22-3/h5-7,10-11H,4,8-9H2,1-3H3,(H2,17,18,23). The minimum absolute atomic E-state index is 0.560. The van der Waals surface area contributed by atoms with E-state index in [1.807, 2.05) is 42.1 Å². The molecule has 0 saturated heterocycles. The van der Waals surface area contributed by atoms with Gasteiger partial charge in [-0.05, 0) is 43.8 Å². The second-order valence-corrected chi connectivity index (χ2v) is 5.43. The Hall–Kier alpha value is -2.28. The van der Waals surface area contributed by atoms with E-state index in [0.29, 0.717) is 10.9 Å². The van der Waals surface area contributed by atoms with Crippen LogP contribution in [-0.2, 0) is 6.54 Å². The van der Waals surface area contributed by atoms with Crippen LogP contribution in [0.5, 0.6) is 11.5 Å². The quantitative estimate of drug-likeness (QED) is 0.599. The molecule has 0 saturated carbocycles. The van der Waals surface area contributed by atoms with Gasteiger partial charge in [-0.1, -0.05) is 0 Å². The highest BCUT2D eigenvalue weighted by Gasteiger charge is 2.06. The Balaban J connectivity index is 1.78. The van der Waals surface area contributed by atoms with Gasteiger partial charge >= 0.3 is 0 Å². The lowest BCUT2D eigenvalue weighted by atomic mass is 10.2. The molecule has 6 nitrogen and oxygen atoms in total. The van der Waals surface area contributed by atoms with Crippen LogP contribution in [0, 0.1) is 6.92 Å². The fraction of sp³-hybridized carbons (Fsp3) is 0.375. The Morgan fingerprint density at radius 3 is 2.74 bits per heavy atom. The molecule has 2 aromatic rings. The van der Waals surface area contributed by atoms with Crippen LogP contribution in [0.4, 0.5) is 5.69 Å². The first-order valence-electron chi connectivity index (χ1n) is 7.39. The molecule has 1 aromatic carbocycles. The number of hydrogen-bond donors (Lipinski definition) is 2. The molecular formula is C16H22N4O2S. The molecule has 2 rings (SSSR count). The topological polar surface area (TPSA) is 60.3 Å². The molecule has 0 atom stereocenters. The predicted octanol–water partition coefficient (Wildman–Crippen LogP) is 2.59. The van der Waals surface area contributed by atoms with E-state index >= 15 is 0 Å².